The van der Waals surface area contributed by atoms with Crippen LogP contribution in [0.5, 0.6) is 0 Å². The molecule has 0 unspecified atom stereocenters. The Morgan fingerprint density at radius 1 is 1.20 bits per heavy atom. The molecule has 0 aliphatic heterocycles. The van der Waals surface area contributed by atoms with E-state index in [2.05, 4.69) is 46.0 Å². The van der Waals surface area contributed by atoms with E-state index in [1.54, 1.807) is 0 Å². The van der Waals surface area contributed by atoms with Gasteiger partial charge in [0.05, 0.1) is 0 Å². The van der Waals surface area contributed by atoms with Crippen LogP contribution in [0.15, 0.2) is 47.1 Å². The van der Waals surface area contributed by atoms with E-state index in [-0.39, 0.29) is 0 Å². The molecular weight excluding hydrogens is 314 g/mol. The lowest BCUT2D eigenvalue weighted by Crippen LogP contribution is -1.89. The van der Waals surface area contributed by atoms with E-state index < -0.39 is 0 Å². The van der Waals surface area contributed by atoms with Gasteiger partial charge in [-0.05, 0) is 40.0 Å². The molecule has 0 atom stereocenters. The monoisotopic (exact) mass is 325 g/mol. The average molecular weight is 326 g/mol. The van der Waals surface area contributed by atoms with Crippen molar-refractivity contribution in [1.82, 2.24) is 9.38 Å². The first-order valence-electron chi connectivity index (χ1n) is 6.40. The number of benzene rings is 1. The van der Waals surface area contributed by atoms with Crippen molar-refractivity contribution in [3.05, 3.63) is 58.3 Å². The highest BCUT2D eigenvalue weighted by Crippen LogP contribution is 2.25. The topological polar surface area (TPSA) is 41.1 Å². The van der Waals surface area contributed by atoms with Crippen molar-refractivity contribution in [2.75, 3.05) is 0 Å². The number of nitriles is 1. The Hall–Kier alpha value is -2.12. The summed E-state index contributed by atoms with van der Waals surface area (Å²) in [6, 6.07) is 14.3. The third kappa shape index (κ3) is 2.10. The van der Waals surface area contributed by atoms with Gasteiger partial charge in [0.25, 0.3) is 0 Å². The molecule has 1 aromatic carbocycles. The third-order valence-corrected chi connectivity index (χ3v) is 3.79. The predicted octanol–water partition coefficient (Wildman–Crippen LogP) is 4.20. The summed E-state index contributed by atoms with van der Waals surface area (Å²) < 4.78 is 2.74. The van der Waals surface area contributed by atoms with Crippen molar-refractivity contribution in [2.24, 2.45) is 0 Å². The molecule has 0 aliphatic carbocycles. The van der Waals surface area contributed by atoms with Gasteiger partial charge in [0.15, 0.2) is 5.69 Å². The van der Waals surface area contributed by atoms with Gasteiger partial charge in [0, 0.05) is 16.2 Å². The largest absolute Gasteiger partial charge is 0.290 e. The van der Waals surface area contributed by atoms with Gasteiger partial charge in [-0.1, -0.05) is 31.2 Å². The minimum absolute atomic E-state index is 0.561. The van der Waals surface area contributed by atoms with E-state index in [1.165, 1.54) is 5.56 Å². The molecule has 0 aliphatic rings. The maximum atomic E-state index is 9.43. The molecular formula is C16H12BrN3. The van der Waals surface area contributed by atoms with E-state index in [1.807, 2.05) is 34.9 Å². The second-order valence-electron chi connectivity index (χ2n) is 4.55. The van der Waals surface area contributed by atoms with E-state index in [0.29, 0.717) is 5.69 Å². The van der Waals surface area contributed by atoms with E-state index in [0.717, 1.165) is 27.8 Å². The number of aromatic nitrogens is 2. The van der Waals surface area contributed by atoms with E-state index in [4.69, 9.17) is 0 Å². The number of hydrogen-bond acceptors (Lipinski definition) is 2. The molecule has 0 bridgehead atoms. The van der Waals surface area contributed by atoms with Crippen molar-refractivity contribution < 1.29 is 0 Å². The highest BCUT2D eigenvalue weighted by Gasteiger charge is 2.13. The number of aryl methyl sites for hydroxylation is 1. The molecule has 2 heterocycles. The summed E-state index contributed by atoms with van der Waals surface area (Å²) in [6.07, 6.45) is 2.87. The lowest BCUT2D eigenvalue weighted by molar-refractivity contribution is 1.14. The Balaban J connectivity index is 2.22. The summed E-state index contributed by atoms with van der Waals surface area (Å²) in [5.74, 6) is 0. The Bertz CT molecular complexity index is 810. The van der Waals surface area contributed by atoms with Crippen molar-refractivity contribution in [3.8, 4) is 17.3 Å². The molecule has 0 spiro atoms. The number of imidazole rings is 1. The van der Waals surface area contributed by atoms with Crippen molar-refractivity contribution in [3.63, 3.8) is 0 Å². The van der Waals surface area contributed by atoms with Gasteiger partial charge in [0.2, 0.25) is 0 Å². The van der Waals surface area contributed by atoms with Crippen LogP contribution >= 0.6 is 15.9 Å². The Morgan fingerprint density at radius 3 is 2.60 bits per heavy atom. The van der Waals surface area contributed by atoms with Crippen LogP contribution in [-0.2, 0) is 6.42 Å². The first-order valence-corrected chi connectivity index (χ1v) is 7.19. The second-order valence-corrected chi connectivity index (χ2v) is 5.46. The van der Waals surface area contributed by atoms with Crippen molar-refractivity contribution >= 4 is 21.6 Å². The van der Waals surface area contributed by atoms with Gasteiger partial charge in [-0.2, -0.15) is 5.26 Å². The molecule has 3 aromatic rings. The molecule has 20 heavy (non-hydrogen) atoms. The molecule has 0 saturated carbocycles. The smallest absolute Gasteiger partial charge is 0.152 e. The third-order valence-electron chi connectivity index (χ3n) is 3.32. The Labute approximate surface area is 125 Å². The zero-order valence-corrected chi connectivity index (χ0v) is 12.6. The van der Waals surface area contributed by atoms with Gasteiger partial charge in [-0.15, -0.1) is 0 Å². The van der Waals surface area contributed by atoms with Crippen LogP contribution in [0.3, 0.4) is 0 Å². The summed E-state index contributed by atoms with van der Waals surface area (Å²) in [5, 5.41) is 9.43. The van der Waals surface area contributed by atoms with Crippen molar-refractivity contribution in [1.29, 1.82) is 5.26 Å². The van der Waals surface area contributed by atoms with Gasteiger partial charge in [0.1, 0.15) is 17.4 Å². The summed E-state index contributed by atoms with van der Waals surface area (Å²) in [5.41, 5.74) is 4.32. The predicted molar refractivity (Wildman–Crippen MR) is 82.4 cm³/mol. The Kier molecular flexibility index (Phi) is 3.29. The molecule has 2 aromatic heterocycles. The Morgan fingerprint density at radius 2 is 1.95 bits per heavy atom. The summed E-state index contributed by atoms with van der Waals surface area (Å²) >= 11 is 3.42. The van der Waals surface area contributed by atoms with Gasteiger partial charge < -0.3 is 0 Å². The molecule has 4 heteroatoms. The standard InChI is InChI=1S/C16H12BrN3/c1-2-11-3-5-12(6-4-11)16-14(9-18)20-10-13(17)7-8-15(20)19-16/h3-8,10H,2H2,1H3. The lowest BCUT2D eigenvalue weighted by atomic mass is 10.1. The van der Waals surface area contributed by atoms with Gasteiger partial charge in [-0.3, -0.25) is 4.40 Å². The summed E-state index contributed by atoms with van der Waals surface area (Å²) in [6.45, 7) is 2.12. The number of nitrogens with zero attached hydrogens (tertiary/aromatic N) is 3. The zero-order chi connectivity index (χ0) is 14.1. The molecule has 98 valence electrons. The van der Waals surface area contributed by atoms with Crippen LogP contribution in [0.4, 0.5) is 0 Å². The van der Waals surface area contributed by atoms with Crippen LogP contribution in [0.25, 0.3) is 16.9 Å². The molecule has 0 radical (unpaired) electrons. The minimum atomic E-state index is 0.561. The highest BCUT2D eigenvalue weighted by atomic mass is 79.9. The molecule has 0 N–H and O–H groups in total. The average Bonchev–Trinajstić information content (AvgIpc) is 2.85. The number of pyridine rings is 1. The summed E-state index contributed by atoms with van der Waals surface area (Å²) in [4.78, 5) is 4.57. The first-order chi connectivity index (χ1) is 9.72. The molecule has 0 fully saturated rings. The maximum absolute atomic E-state index is 9.43. The van der Waals surface area contributed by atoms with E-state index >= 15 is 0 Å². The van der Waals surface area contributed by atoms with Gasteiger partial charge in [-0.25, -0.2) is 4.98 Å². The molecule has 0 saturated heterocycles. The fraction of sp³-hybridized carbons (Fsp3) is 0.125. The van der Waals surface area contributed by atoms with Gasteiger partial charge >= 0.3 is 0 Å². The van der Waals surface area contributed by atoms with Crippen LogP contribution in [0.1, 0.15) is 18.2 Å². The molecule has 3 rings (SSSR count). The van der Waals surface area contributed by atoms with Crippen molar-refractivity contribution in [2.45, 2.75) is 13.3 Å². The van der Waals surface area contributed by atoms with E-state index in [9.17, 15) is 5.26 Å². The van der Waals surface area contributed by atoms with Crippen LogP contribution in [-0.4, -0.2) is 9.38 Å². The minimum Gasteiger partial charge on any atom is -0.290 e. The number of rotatable bonds is 2. The zero-order valence-electron chi connectivity index (χ0n) is 11.0. The highest BCUT2D eigenvalue weighted by molar-refractivity contribution is 9.10. The van der Waals surface area contributed by atoms with Crippen LogP contribution < -0.4 is 0 Å². The molecule has 3 nitrogen and oxygen atoms in total. The number of fused-ring (bicyclic) bond motifs is 1. The number of halogens is 1. The van der Waals surface area contributed by atoms with Crippen LogP contribution in [0, 0.1) is 11.3 Å². The quantitative estimate of drug-likeness (QED) is 0.708. The summed E-state index contributed by atoms with van der Waals surface area (Å²) in [7, 11) is 0. The lowest BCUT2D eigenvalue weighted by Gasteiger charge is -2.00. The SMILES string of the molecule is CCc1ccc(-c2nc3ccc(Br)cn3c2C#N)cc1. The fourth-order valence-electron chi connectivity index (χ4n) is 2.23. The second kappa shape index (κ2) is 5.10. The first kappa shape index (κ1) is 12.9. The number of hydrogen-bond donors (Lipinski definition) is 0. The van der Waals surface area contributed by atoms with Crippen LogP contribution in [0.2, 0.25) is 0 Å². The maximum Gasteiger partial charge on any atom is 0.152 e. The fourth-order valence-corrected chi connectivity index (χ4v) is 2.56. The molecule has 0 amide bonds. The normalized spacial score (nSPS) is 10.7.